The Bertz CT molecular complexity index is 428. The van der Waals surface area contributed by atoms with E-state index in [-0.39, 0.29) is 5.91 Å². The molecule has 112 valence electrons. The van der Waals surface area contributed by atoms with Crippen molar-refractivity contribution in [3.8, 4) is 0 Å². The van der Waals surface area contributed by atoms with Gasteiger partial charge in [0.25, 0.3) is 0 Å². The Labute approximate surface area is 130 Å². The standard InChI is InChI=1S/C16H25BrN2O/c1-3-5-13(10-11-18)8-9-15(20)19-14-7-4-6-12(2)16(14)17/h4,6-7,13H,3,5,8-11,18H2,1-2H3,(H,19,20). The lowest BCUT2D eigenvalue weighted by molar-refractivity contribution is -0.116. The Kier molecular flexibility index (Phi) is 7.85. The van der Waals surface area contributed by atoms with Crippen molar-refractivity contribution in [2.45, 2.75) is 46.0 Å². The highest BCUT2D eigenvalue weighted by atomic mass is 79.9. The Morgan fingerprint density at radius 3 is 2.75 bits per heavy atom. The maximum absolute atomic E-state index is 12.0. The summed E-state index contributed by atoms with van der Waals surface area (Å²) in [6.07, 6.45) is 4.79. The summed E-state index contributed by atoms with van der Waals surface area (Å²) in [4.78, 5) is 12.0. The largest absolute Gasteiger partial charge is 0.330 e. The molecule has 1 rings (SSSR count). The predicted molar refractivity (Wildman–Crippen MR) is 88.8 cm³/mol. The zero-order valence-electron chi connectivity index (χ0n) is 12.4. The molecule has 0 radical (unpaired) electrons. The van der Waals surface area contributed by atoms with E-state index in [9.17, 15) is 4.79 Å². The van der Waals surface area contributed by atoms with Gasteiger partial charge in [-0.1, -0.05) is 31.9 Å². The Balaban J connectivity index is 2.48. The number of halogens is 1. The summed E-state index contributed by atoms with van der Waals surface area (Å²) >= 11 is 3.51. The summed E-state index contributed by atoms with van der Waals surface area (Å²) in [6.45, 7) is 4.89. The van der Waals surface area contributed by atoms with Crippen LogP contribution in [-0.2, 0) is 4.79 Å². The highest BCUT2D eigenvalue weighted by molar-refractivity contribution is 9.10. The van der Waals surface area contributed by atoms with E-state index in [0.717, 1.165) is 41.4 Å². The number of benzene rings is 1. The molecular weight excluding hydrogens is 316 g/mol. The van der Waals surface area contributed by atoms with Gasteiger partial charge in [0.2, 0.25) is 5.91 Å². The second-order valence-corrected chi connectivity index (χ2v) is 6.05. The second kappa shape index (κ2) is 9.14. The summed E-state index contributed by atoms with van der Waals surface area (Å²) in [6, 6.07) is 5.88. The van der Waals surface area contributed by atoms with Gasteiger partial charge in [-0.25, -0.2) is 0 Å². The molecule has 0 aromatic heterocycles. The molecule has 3 nitrogen and oxygen atoms in total. The third-order valence-electron chi connectivity index (χ3n) is 3.52. The van der Waals surface area contributed by atoms with Crippen LogP contribution < -0.4 is 11.1 Å². The zero-order valence-corrected chi connectivity index (χ0v) is 14.0. The lowest BCUT2D eigenvalue weighted by Gasteiger charge is -2.15. The topological polar surface area (TPSA) is 55.1 Å². The molecule has 1 atom stereocenters. The number of hydrogen-bond acceptors (Lipinski definition) is 2. The first-order valence-corrected chi connectivity index (χ1v) is 8.12. The number of nitrogens with two attached hydrogens (primary N) is 1. The van der Waals surface area contributed by atoms with Crippen LogP contribution in [0.3, 0.4) is 0 Å². The smallest absolute Gasteiger partial charge is 0.224 e. The van der Waals surface area contributed by atoms with Crippen LogP contribution in [0.25, 0.3) is 0 Å². The molecule has 0 bridgehead atoms. The number of aryl methyl sites for hydroxylation is 1. The summed E-state index contributed by atoms with van der Waals surface area (Å²) in [5.74, 6) is 0.645. The normalized spacial score (nSPS) is 12.2. The molecule has 1 aromatic rings. The molecule has 1 unspecified atom stereocenters. The Hall–Kier alpha value is -0.870. The fourth-order valence-corrected chi connectivity index (χ4v) is 2.73. The minimum atomic E-state index is 0.0782. The van der Waals surface area contributed by atoms with Gasteiger partial charge in [0.05, 0.1) is 5.69 Å². The van der Waals surface area contributed by atoms with Gasteiger partial charge in [-0.3, -0.25) is 4.79 Å². The van der Waals surface area contributed by atoms with Crippen LogP contribution in [0.1, 0.15) is 44.6 Å². The molecule has 3 N–H and O–H groups in total. The highest BCUT2D eigenvalue weighted by Crippen LogP contribution is 2.26. The first-order valence-electron chi connectivity index (χ1n) is 7.33. The molecule has 4 heteroatoms. The fraction of sp³-hybridized carbons (Fsp3) is 0.562. The Morgan fingerprint density at radius 1 is 1.35 bits per heavy atom. The maximum Gasteiger partial charge on any atom is 0.224 e. The first kappa shape index (κ1) is 17.2. The van der Waals surface area contributed by atoms with Crippen LogP contribution in [0, 0.1) is 12.8 Å². The molecule has 0 aliphatic rings. The van der Waals surface area contributed by atoms with E-state index < -0.39 is 0 Å². The Morgan fingerprint density at radius 2 is 2.10 bits per heavy atom. The number of anilines is 1. The third-order valence-corrected chi connectivity index (χ3v) is 4.57. The van der Waals surface area contributed by atoms with Gasteiger partial charge in [-0.05, 0) is 59.8 Å². The minimum absolute atomic E-state index is 0.0782. The van der Waals surface area contributed by atoms with Gasteiger partial charge in [-0.2, -0.15) is 0 Å². The van der Waals surface area contributed by atoms with E-state index in [2.05, 4.69) is 28.2 Å². The van der Waals surface area contributed by atoms with E-state index in [4.69, 9.17) is 5.73 Å². The van der Waals surface area contributed by atoms with E-state index in [1.165, 1.54) is 0 Å². The van der Waals surface area contributed by atoms with Crippen LogP contribution in [0.5, 0.6) is 0 Å². The van der Waals surface area contributed by atoms with Crippen molar-refractivity contribution in [3.63, 3.8) is 0 Å². The maximum atomic E-state index is 12.0. The van der Waals surface area contributed by atoms with Gasteiger partial charge < -0.3 is 11.1 Å². The van der Waals surface area contributed by atoms with Gasteiger partial charge in [0, 0.05) is 10.9 Å². The number of nitrogens with one attached hydrogen (secondary N) is 1. The summed E-state index contributed by atoms with van der Waals surface area (Å²) in [5, 5.41) is 2.97. The molecule has 0 fully saturated rings. The molecule has 0 saturated heterocycles. The van der Waals surface area contributed by atoms with Crippen molar-refractivity contribution in [3.05, 3.63) is 28.2 Å². The van der Waals surface area contributed by atoms with E-state index in [1.807, 2.05) is 25.1 Å². The van der Waals surface area contributed by atoms with E-state index in [0.29, 0.717) is 18.9 Å². The van der Waals surface area contributed by atoms with Gasteiger partial charge in [0.15, 0.2) is 0 Å². The van der Waals surface area contributed by atoms with Crippen LogP contribution >= 0.6 is 15.9 Å². The van der Waals surface area contributed by atoms with Crippen molar-refractivity contribution in [2.75, 3.05) is 11.9 Å². The summed E-state index contributed by atoms with van der Waals surface area (Å²) in [7, 11) is 0. The van der Waals surface area contributed by atoms with E-state index >= 15 is 0 Å². The summed E-state index contributed by atoms with van der Waals surface area (Å²) in [5.41, 5.74) is 7.59. The minimum Gasteiger partial charge on any atom is -0.330 e. The van der Waals surface area contributed by atoms with Crippen LogP contribution in [0.2, 0.25) is 0 Å². The monoisotopic (exact) mass is 340 g/mol. The molecular formula is C16H25BrN2O. The number of rotatable bonds is 8. The number of carbonyl (C=O) groups is 1. The average Bonchev–Trinajstić information content (AvgIpc) is 2.42. The zero-order chi connectivity index (χ0) is 15.0. The molecule has 0 saturated carbocycles. The molecule has 0 aliphatic heterocycles. The molecule has 0 spiro atoms. The van der Waals surface area contributed by atoms with Gasteiger partial charge >= 0.3 is 0 Å². The van der Waals surface area contributed by atoms with Crippen molar-refractivity contribution < 1.29 is 4.79 Å². The molecule has 0 heterocycles. The fourth-order valence-electron chi connectivity index (χ4n) is 2.37. The number of amides is 1. The quantitative estimate of drug-likeness (QED) is 0.743. The molecule has 20 heavy (non-hydrogen) atoms. The summed E-state index contributed by atoms with van der Waals surface area (Å²) < 4.78 is 0.959. The van der Waals surface area contributed by atoms with Crippen molar-refractivity contribution in [2.24, 2.45) is 11.7 Å². The lowest BCUT2D eigenvalue weighted by Crippen LogP contribution is -2.15. The van der Waals surface area contributed by atoms with Crippen molar-refractivity contribution in [1.82, 2.24) is 0 Å². The van der Waals surface area contributed by atoms with Crippen molar-refractivity contribution >= 4 is 27.5 Å². The molecule has 0 aliphatic carbocycles. The second-order valence-electron chi connectivity index (χ2n) is 5.26. The van der Waals surface area contributed by atoms with Gasteiger partial charge in [-0.15, -0.1) is 0 Å². The van der Waals surface area contributed by atoms with Gasteiger partial charge in [0.1, 0.15) is 0 Å². The SMILES string of the molecule is CCCC(CCN)CCC(=O)Nc1cccc(C)c1Br. The number of hydrogen-bond donors (Lipinski definition) is 2. The van der Waals surface area contributed by atoms with Crippen LogP contribution in [-0.4, -0.2) is 12.5 Å². The molecule has 1 amide bonds. The molecule has 1 aromatic carbocycles. The predicted octanol–water partition coefficient (Wildman–Crippen LogP) is 4.24. The van der Waals surface area contributed by atoms with Crippen LogP contribution in [0.15, 0.2) is 22.7 Å². The number of carbonyl (C=O) groups excluding carboxylic acids is 1. The lowest BCUT2D eigenvalue weighted by atomic mass is 9.94. The highest BCUT2D eigenvalue weighted by Gasteiger charge is 2.11. The van der Waals surface area contributed by atoms with Crippen LogP contribution in [0.4, 0.5) is 5.69 Å². The first-order chi connectivity index (χ1) is 9.58. The van der Waals surface area contributed by atoms with E-state index in [1.54, 1.807) is 0 Å². The average molecular weight is 341 g/mol. The van der Waals surface area contributed by atoms with Crippen molar-refractivity contribution in [1.29, 1.82) is 0 Å². The third kappa shape index (κ3) is 5.63.